The first-order valence-corrected chi connectivity index (χ1v) is 7.69. The molecule has 4 nitrogen and oxygen atoms in total. The van der Waals surface area contributed by atoms with Crippen LogP contribution in [0, 0.1) is 0 Å². The Kier molecular flexibility index (Phi) is 4.08. The van der Waals surface area contributed by atoms with Gasteiger partial charge in [-0.1, -0.05) is 11.8 Å². The summed E-state index contributed by atoms with van der Waals surface area (Å²) in [4.78, 5) is 0. The maximum Gasteiger partial charge on any atom is 0.417 e. The highest BCUT2D eigenvalue weighted by Gasteiger charge is 2.31. The predicted molar refractivity (Wildman–Crippen MR) is 72.3 cm³/mol. The quantitative estimate of drug-likeness (QED) is 0.813. The summed E-state index contributed by atoms with van der Waals surface area (Å²) in [5.41, 5.74) is -0.291. The molecule has 8 heteroatoms. The van der Waals surface area contributed by atoms with Crippen molar-refractivity contribution in [3.63, 3.8) is 0 Å². The van der Waals surface area contributed by atoms with Crippen LogP contribution in [0.2, 0.25) is 0 Å². The summed E-state index contributed by atoms with van der Waals surface area (Å²) in [5, 5.41) is 8.31. The highest BCUT2D eigenvalue weighted by molar-refractivity contribution is 7.99. The van der Waals surface area contributed by atoms with Crippen molar-refractivity contribution in [3.8, 4) is 0 Å². The lowest BCUT2D eigenvalue weighted by Crippen LogP contribution is -2.21. The third kappa shape index (κ3) is 3.32. The van der Waals surface area contributed by atoms with Gasteiger partial charge in [-0.15, -0.1) is 10.2 Å². The fourth-order valence-electron chi connectivity index (χ4n) is 2.24. The van der Waals surface area contributed by atoms with Crippen LogP contribution < -0.4 is 0 Å². The van der Waals surface area contributed by atoms with E-state index in [4.69, 9.17) is 4.74 Å². The van der Waals surface area contributed by atoms with E-state index in [1.54, 1.807) is 0 Å². The van der Waals surface area contributed by atoms with Gasteiger partial charge in [0, 0.05) is 18.6 Å². The highest BCUT2D eigenvalue weighted by Crippen LogP contribution is 2.30. The Morgan fingerprint density at radius 1 is 1.29 bits per heavy atom. The Balaban J connectivity index is 1.78. The summed E-state index contributed by atoms with van der Waals surface area (Å²) in [6.45, 7) is 0.754. The SMILES string of the molecule is FC(F)(F)c1ccc2nnc(SCC3CCCCO3)n2c1. The zero-order valence-electron chi connectivity index (χ0n) is 11.1. The molecule has 3 heterocycles. The first kappa shape index (κ1) is 14.6. The number of halogens is 3. The lowest BCUT2D eigenvalue weighted by molar-refractivity contribution is -0.137. The summed E-state index contributed by atoms with van der Waals surface area (Å²) in [5.74, 6) is 0.678. The Labute approximate surface area is 123 Å². The van der Waals surface area contributed by atoms with Crippen molar-refractivity contribution in [1.82, 2.24) is 14.6 Å². The van der Waals surface area contributed by atoms with Crippen LogP contribution in [0.5, 0.6) is 0 Å². The van der Waals surface area contributed by atoms with E-state index in [0.717, 1.165) is 38.1 Å². The first-order chi connectivity index (χ1) is 10.0. The van der Waals surface area contributed by atoms with Crippen molar-refractivity contribution in [2.75, 3.05) is 12.4 Å². The minimum atomic E-state index is -4.37. The molecule has 0 aliphatic carbocycles. The monoisotopic (exact) mass is 317 g/mol. The minimum Gasteiger partial charge on any atom is -0.377 e. The number of thioether (sulfide) groups is 1. The van der Waals surface area contributed by atoms with Gasteiger partial charge in [-0.2, -0.15) is 13.2 Å². The second-order valence-electron chi connectivity index (χ2n) is 4.93. The second-order valence-corrected chi connectivity index (χ2v) is 5.91. The van der Waals surface area contributed by atoms with Crippen molar-refractivity contribution in [1.29, 1.82) is 0 Å². The molecule has 1 aliphatic rings. The van der Waals surface area contributed by atoms with Crippen LogP contribution in [-0.2, 0) is 10.9 Å². The molecule has 0 spiro atoms. The Hall–Kier alpha value is -1.28. The van der Waals surface area contributed by atoms with Crippen LogP contribution in [-0.4, -0.2) is 33.1 Å². The third-order valence-electron chi connectivity index (χ3n) is 3.37. The molecule has 0 bridgehead atoms. The van der Waals surface area contributed by atoms with Crippen LogP contribution in [0.25, 0.3) is 5.65 Å². The van der Waals surface area contributed by atoms with Crippen molar-refractivity contribution >= 4 is 17.4 Å². The second kappa shape index (κ2) is 5.84. The smallest absolute Gasteiger partial charge is 0.377 e. The van der Waals surface area contributed by atoms with Crippen LogP contribution in [0.1, 0.15) is 24.8 Å². The van der Waals surface area contributed by atoms with E-state index in [1.165, 1.54) is 22.2 Å². The molecule has 0 amide bonds. The number of pyridine rings is 1. The molecule has 2 aromatic rings. The van der Waals surface area contributed by atoms with Gasteiger partial charge in [-0.3, -0.25) is 4.40 Å². The van der Waals surface area contributed by atoms with E-state index in [0.29, 0.717) is 16.6 Å². The average molecular weight is 317 g/mol. The lowest BCUT2D eigenvalue weighted by Gasteiger charge is -2.21. The molecule has 0 saturated carbocycles. The van der Waals surface area contributed by atoms with Gasteiger partial charge in [0.1, 0.15) is 0 Å². The number of ether oxygens (including phenoxy) is 1. The van der Waals surface area contributed by atoms with Crippen molar-refractivity contribution in [2.24, 2.45) is 0 Å². The maximum atomic E-state index is 12.7. The van der Waals surface area contributed by atoms with Gasteiger partial charge in [0.05, 0.1) is 11.7 Å². The molecule has 0 radical (unpaired) electrons. The largest absolute Gasteiger partial charge is 0.417 e. The van der Waals surface area contributed by atoms with Gasteiger partial charge >= 0.3 is 6.18 Å². The number of fused-ring (bicyclic) bond motifs is 1. The Bertz CT molecular complexity index is 623. The molecule has 1 fully saturated rings. The summed E-state index contributed by atoms with van der Waals surface area (Å²) in [6, 6.07) is 2.35. The normalized spacial score (nSPS) is 20.0. The molecule has 1 aliphatic heterocycles. The fraction of sp³-hybridized carbons (Fsp3) is 0.538. The third-order valence-corrected chi connectivity index (χ3v) is 4.45. The molecule has 21 heavy (non-hydrogen) atoms. The zero-order chi connectivity index (χ0) is 14.9. The number of aromatic nitrogens is 3. The van der Waals surface area contributed by atoms with E-state index in [-0.39, 0.29) is 6.10 Å². The van der Waals surface area contributed by atoms with E-state index in [9.17, 15) is 13.2 Å². The summed E-state index contributed by atoms with van der Waals surface area (Å²) in [6.07, 6.45) is -0.000413. The zero-order valence-corrected chi connectivity index (χ0v) is 12.0. The molecule has 0 N–H and O–H groups in total. The van der Waals surface area contributed by atoms with E-state index in [1.807, 2.05) is 0 Å². The molecule has 2 aromatic heterocycles. The predicted octanol–water partition coefficient (Wildman–Crippen LogP) is 3.41. The number of rotatable bonds is 3. The van der Waals surface area contributed by atoms with Crippen LogP contribution in [0.4, 0.5) is 13.2 Å². The number of hydrogen-bond acceptors (Lipinski definition) is 4. The molecular weight excluding hydrogens is 303 g/mol. The van der Waals surface area contributed by atoms with E-state index in [2.05, 4.69) is 10.2 Å². The fourth-order valence-corrected chi connectivity index (χ4v) is 3.22. The van der Waals surface area contributed by atoms with Gasteiger partial charge in [-0.25, -0.2) is 0 Å². The Morgan fingerprint density at radius 2 is 2.14 bits per heavy atom. The number of hydrogen-bond donors (Lipinski definition) is 0. The summed E-state index contributed by atoms with van der Waals surface area (Å²) >= 11 is 1.38. The van der Waals surface area contributed by atoms with Gasteiger partial charge in [0.25, 0.3) is 0 Å². The topological polar surface area (TPSA) is 39.4 Å². The molecule has 1 atom stereocenters. The summed E-state index contributed by atoms with van der Waals surface area (Å²) < 4.78 is 45.2. The highest BCUT2D eigenvalue weighted by atomic mass is 32.2. The maximum absolute atomic E-state index is 12.7. The molecule has 3 rings (SSSR count). The Morgan fingerprint density at radius 3 is 2.86 bits per heavy atom. The number of nitrogens with zero attached hydrogens (tertiary/aromatic N) is 3. The first-order valence-electron chi connectivity index (χ1n) is 6.70. The summed E-state index contributed by atoms with van der Waals surface area (Å²) in [7, 11) is 0. The van der Waals surface area contributed by atoms with Crippen molar-refractivity contribution < 1.29 is 17.9 Å². The molecule has 0 aromatic carbocycles. The van der Waals surface area contributed by atoms with E-state index < -0.39 is 11.7 Å². The minimum absolute atomic E-state index is 0.141. The van der Waals surface area contributed by atoms with Crippen molar-refractivity contribution in [2.45, 2.75) is 36.7 Å². The molecule has 1 unspecified atom stereocenters. The molecule has 114 valence electrons. The van der Waals surface area contributed by atoms with Crippen molar-refractivity contribution in [3.05, 3.63) is 23.9 Å². The average Bonchev–Trinajstić information content (AvgIpc) is 2.87. The van der Waals surface area contributed by atoms with Crippen LogP contribution in [0.3, 0.4) is 0 Å². The standard InChI is InChI=1S/C13H14F3N3OS/c14-13(15,16)9-4-5-11-17-18-12(19(11)7-9)21-8-10-3-1-2-6-20-10/h4-5,7,10H,1-3,6,8H2. The van der Waals surface area contributed by atoms with Gasteiger partial charge < -0.3 is 4.74 Å². The van der Waals surface area contributed by atoms with E-state index >= 15 is 0 Å². The molecule has 1 saturated heterocycles. The number of alkyl halides is 3. The van der Waals surface area contributed by atoms with Gasteiger partial charge in [0.2, 0.25) is 0 Å². The molecular formula is C13H14F3N3OS. The van der Waals surface area contributed by atoms with Crippen LogP contribution in [0.15, 0.2) is 23.5 Å². The van der Waals surface area contributed by atoms with Crippen LogP contribution >= 0.6 is 11.8 Å². The van der Waals surface area contributed by atoms with Gasteiger partial charge in [-0.05, 0) is 31.4 Å². The van der Waals surface area contributed by atoms with Gasteiger partial charge in [0.15, 0.2) is 10.8 Å². The lowest BCUT2D eigenvalue weighted by atomic mass is 10.1.